The van der Waals surface area contributed by atoms with Crippen LogP contribution in [0, 0.1) is 0 Å². The molecule has 0 aromatic heterocycles. The van der Waals surface area contributed by atoms with E-state index < -0.39 is 12.2 Å². The van der Waals surface area contributed by atoms with E-state index in [0.29, 0.717) is 22.6 Å². The molecule has 2 aliphatic heterocycles. The van der Waals surface area contributed by atoms with Crippen molar-refractivity contribution in [3.8, 4) is 11.5 Å². The lowest BCUT2D eigenvalue weighted by Crippen LogP contribution is -2.43. The van der Waals surface area contributed by atoms with Crippen molar-refractivity contribution < 1.29 is 19.1 Å². The Bertz CT molecular complexity index is 700. The number of hydrogen-bond acceptors (Lipinski definition) is 4. The summed E-state index contributed by atoms with van der Waals surface area (Å²) >= 11 is 0. The molecule has 0 bridgehead atoms. The Morgan fingerprint density at radius 2 is 1.09 bits per heavy atom. The first kappa shape index (κ1) is 13.1. The SMILES string of the molecule is O=C1CC(C2CC(=O)c3ccccc3O2)Oc2ccccc21. The number of benzene rings is 2. The zero-order valence-corrected chi connectivity index (χ0v) is 11.8. The van der Waals surface area contributed by atoms with Crippen molar-refractivity contribution >= 4 is 11.6 Å². The van der Waals surface area contributed by atoms with Gasteiger partial charge in [-0.05, 0) is 24.3 Å². The van der Waals surface area contributed by atoms with Gasteiger partial charge in [0, 0.05) is 0 Å². The second-order valence-corrected chi connectivity index (χ2v) is 5.56. The van der Waals surface area contributed by atoms with Gasteiger partial charge in [-0.15, -0.1) is 0 Å². The molecule has 0 saturated carbocycles. The van der Waals surface area contributed by atoms with Gasteiger partial charge in [0.15, 0.2) is 11.6 Å². The second kappa shape index (κ2) is 4.98. The molecule has 0 N–H and O–H groups in total. The third-order valence-corrected chi connectivity index (χ3v) is 4.12. The first-order valence-electron chi connectivity index (χ1n) is 7.30. The monoisotopic (exact) mass is 294 g/mol. The van der Waals surface area contributed by atoms with E-state index in [0.717, 1.165) is 0 Å². The van der Waals surface area contributed by atoms with Gasteiger partial charge in [0.2, 0.25) is 0 Å². The van der Waals surface area contributed by atoms with Gasteiger partial charge in [-0.3, -0.25) is 9.59 Å². The van der Waals surface area contributed by atoms with Crippen LogP contribution in [0.15, 0.2) is 48.5 Å². The molecule has 2 atom stereocenters. The van der Waals surface area contributed by atoms with Gasteiger partial charge in [0.05, 0.1) is 24.0 Å². The van der Waals surface area contributed by atoms with Crippen LogP contribution >= 0.6 is 0 Å². The number of hydrogen-bond donors (Lipinski definition) is 0. The molecule has 0 fully saturated rings. The van der Waals surface area contributed by atoms with Gasteiger partial charge in [-0.25, -0.2) is 0 Å². The van der Waals surface area contributed by atoms with Gasteiger partial charge in [0.25, 0.3) is 0 Å². The molecule has 0 radical (unpaired) electrons. The van der Waals surface area contributed by atoms with Crippen molar-refractivity contribution in [2.45, 2.75) is 25.0 Å². The van der Waals surface area contributed by atoms with Crippen molar-refractivity contribution in [1.29, 1.82) is 0 Å². The minimum absolute atomic E-state index is 0.0294. The van der Waals surface area contributed by atoms with E-state index in [4.69, 9.17) is 9.47 Å². The van der Waals surface area contributed by atoms with Crippen LogP contribution in [0.3, 0.4) is 0 Å². The zero-order valence-electron chi connectivity index (χ0n) is 11.8. The average Bonchev–Trinajstić information content (AvgIpc) is 2.55. The molecule has 2 aliphatic rings. The van der Waals surface area contributed by atoms with Crippen LogP contribution in [-0.4, -0.2) is 23.8 Å². The Balaban J connectivity index is 1.62. The summed E-state index contributed by atoms with van der Waals surface area (Å²) in [4.78, 5) is 24.5. The van der Waals surface area contributed by atoms with E-state index in [2.05, 4.69) is 0 Å². The Kier molecular flexibility index (Phi) is 2.96. The number of rotatable bonds is 1. The molecule has 22 heavy (non-hydrogen) atoms. The predicted molar refractivity (Wildman–Crippen MR) is 79.6 cm³/mol. The number of Topliss-reactive ketones (excluding diaryl/α,β-unsaturated/α-hetero) is 2. The standard InChI is InChI=1S/C18H14O4/c19-13-9-17(21-15-7-3-1-5-11(13)15)18-10-14(20)12-6-2-4-8-16(12)22-18/h1-8,17-18H,9-10H2. The molecular weight excluding hydrogens is 280 g/mol. The molecule has 0 amide bonds. The number of fused-ring (bicyclic) bond motifs is 2. The van der Waals surface area contributed by atoms with E-state index in [1.165, 1.54) is 0 Å². The van der Waals surface area contributed by atoms with Gasteiger partial charge < -0.3 is 9.47 Å². The maximum absolute atomic E-state index is 12.2. The maximum Gasteiger partial charge on any atom is 0.170 e. The lowest BCUT2D eigenvalue weighted by atomic mass is 9.92. The third-order valence-electron chi connectivity index (χ3n) is 4.12. The van der Waals surface area contributed by atoms with Crippen LogP contribution < -0.4 is 9.47 Å². The fraction of sp³-hybridized carbons (Fsp3) is 0.222. The topological polar surface area (TPSA) is 52.6 Å². The van der Waals surface area contributed by atoms with Crippen LogP contribution in [0.2, 0.25) is 0 Å². The summed E-state index contributed by atoms with van der Waals surface area (Å²) in [5.74, 6) is 1.20. The van der Waals surface area contributed by atoms with Crippen molar-refractivity contribution in [1.82, 2.24) is 0 Å². The van der Waals surface area contributed by atoms with E-state index in [9.17, 15) is 9.59 Å². The van der Waals surface area contributed by atoms with E-state index in [1.54, 1.807) is 24.3 Å². The third kappa shape index (κ3) is 2.08. The van der Waals surface area contributed by atoms with Crippen LogP contribution in [0.4, 0.5) is 0 Å². The summed E-state index contributed by atoms with van der Waals surface area (Å²) in [6.07, 6.45) is -0.395. The highest BCUT2D eigenvalue weighted by atomic mass is 16.5. The highest BCUT2D eigenvalue weighted by Crippen LogP contribution is 2.34. The summed E-state index contributed by atoms with van der Waals surface area (Å²) in [5.41, 5.74) is 1.20. The maximum atomic E-state index is 12.2. The van der Waals surface area contributed by atoms with E-state index in [1.807, 2.05) is 24.3 Å². The van der Waals surface area contributed by atoms with Gasteiger partial charge >= 0.3 is 0 Å². The Morgan fingerprint density at radius 1 is 0.682 bits per heavy atom. The van der Waals surface area contributed by atoms with Gasteiger partial charge in [-0.2, -0.15) is 0 Å². The van der Waals surface area contributed by atoms with Crippen molar-refractivity contribution in [3.63, 3.8) is 0 Å². The Labute approximate surface area is 127 Å². The summed E-state index contributed by atoms with van der Waals surface area (Å²) in [5, 5.41) is 0. The molecule has 0 saturated heterocycles. The zero-order chi connectivity index (χ0) is 15.1. The Morgan fingerprint density at radius 3 is 1.55 bits per heavy atom. The molecular formula is C18H14O4. The molecule has 110 valence electrons. The minimum Gasteiger partial charge on any atom is -0.485 e. The van der Waals surface area contributed by atoms with Gasteiger partial charge in [-0.1, -0.05) is 24.3 Å². The van der Waals surface area contributed by atoms with Crippen LogP contribution in [-0.2, 0) is 0 Å². The number of para-hydroxylation sites is 2. The van der Waals surface area contributed by atoms with Crippen LogP contribution in [0.25, 0.3) is 0 Å². The summed E-state index contributed by atoms with van der Waals surface area (Å²) < 4.78 is 11.8. The van der Waals surface area contributed by atoms with Crippen LogP contribution in [0.1, 0.15) is 33.6 Å². The van der Waals surface area contributed by atoms with Crippen molar-refractivity contribution in [2.75, 3.05) is 0 Å². The molecule has 2 aromatic rings. The normalized spacial score (nSPS) is 23.1. The van der Waals surface area contributed by atoms with E-state index in [-0.39, 0.29) is 24.4 Å². The summed E-state index contributed by atoms with van der Waals surface area (Å²) in [7, 11) is 0. The molecule has 2 unspecified atom stereocenters. The highest BCUT2D eigenvalue weighted by molar-refractivity contribution is 6.01. The Hall–Kier alpha value is -2.62. The van der Waals surface area contributed by atoms with Crippen molar-refractivity contribution in [2.24, 2.45) is 0 Å². The van der Waals surface area contributed by atoms with E-state index >= 15 is 0 Å². The highest BCUT2D eigenvalue weighted by Gasteiger charge is 2.37. The minimum atomic E-state index is -0.431. The summed E-state index contributed by atoms with van der Waals surface area (Å²) in [6, 6.07) is 14.4. The second-order valence-electron chi connectivity index (χ2n) is 5.56. The summed E-state index contributed by atoms with van der Waals surface area (Å²) in [6.45, 7) is 0. The number of ketones is 2. The fourth-order valence-corrected chi connectivity index (χ4v) is 3.01. The van der Waals surface area contributed by atoms with Crippen LogP contribution in [0.5, 0.6) is 11.5 Å². The molecule has 4 heteroatoms. The fourth-order valence-electron chi connectivity index (χ4n) is 3.01. The lowest BCUT2D eigenvalue weighted by molar-refractivity contribution is 0.0267. The number of carbonyl (C=O) groups excluding carboxylic acids is 2. The quantitative estimate of drug-likeness (QED) is 0.811. The number of carbonyl (C=O) groups is 2. The van der Waals surface area contributed by atoms with Crippen molar-refractivity contribution in [3.05, 3.63) is 59.7 Å². The average molecular weight is 294 g/mol. The number of ether oxygens (including phenoxy) is 2. The molecule has 0 aliphatic carbocycles. The predicted octanol–water partition coefficient (Wildman–Crippen LogP) is 3.05. The molecule has 4 nitrogen and oxygen atoms in total. The first-order chi connectivity index (χ1) is 10.7. The molecule has 2 heterocycles. The smallest absolute Gasteiger partial charge is 0.170 e. The largest absolute Gasteiger partial charge is 0.485 e. The molecule has 0 spiro atoms. The molecule has 4 rings (SSSR count). The lowest BCUT2D eigenvalue weighted by Gasteiger charge is -2.34. The first-order valence-corrected chi connectivity index (χ1v) is 7.30. The molecule has 2 aromatic carbocycles. The van der Waals surface area contributed by atoms with Gasteiger partial charge in [0.1, 0.15) is 23.7 Å².